The minimum Gasteiger partial charge on any atom is -0.507 e. The van der Waals surface area contributed by atoms with Crippen molar-refractivity contribution in [1.29, 1.82) is 0 Å². The first-order valence-electron chi connectivity index (χ1n) is 10.9. The third kappa shape index (κ3) is 7.15. The second-order valence-corrected chi connectivity index (χ2v) is 7.41. The molecule has 0 aliphatic carbocycles. The molecule has 0 aliphatic heterocycles. The Kier molecular flexibility index (Phi) is 10.3. The zero-order valence-electron chi connectivity index (χ0n) is 19.1. The summed E-state index contributed by atoms with van der Waals surface area (Å²) in [6.45, 7) is 2.57. The monoisotopic (exact) mass is 440 g/mol. The highest BCUT2D eigenvalue weighted by Gasteiger charge is 2.20. The van der Waals surface area contributed by atoms with Gasteiger partial charge in [0, 0.05) is 17.7 Å². The Hall–Kier alpha value is -3.28. The predicted molar refractivity (Wildman–Crippen MR) is 124 cm³/mol. The molecule has 0 saturated heterocycles. The molecule has 0 spiro atoms. The summed E-state index contributed by atoms with van der Waals surface area (Å²) < 4.78 is 15.8. The molecule has 0 saturated carbocycles. The smallest absolute Gasteiger partial charge is 0.330 e. The van der Waals surface area contributed by atoms with Crippen molar-refractivity contribution in [1.82, 2.24) is 0 Å². The highest BCUT2D eigenvalue weighted by atomic mass is 16.5. The number of ketones is 1. The third-order valence-corrected chi connectivity index (χ3v) is 5.08. The van der Waals surface area contributed by atoms with Gasteiger partial charge >= 0.3 is 5.97 Å². The number of esters is 1. The molecule has 6 nitrogen and oxygen atoms in total. The lowest BCUT2D eigenvalue weighted by Crippen LogP contribution is -2.06. The van der Waals surface area contributed by atoms with Gasteiger partial charge in [0.1, 0.15) is 17.2 Å². The molecule has 0 aromatic heterocycles. The molecular formula is C26H32O6. The van der Waals surface area contributed by atoms with E-state index in [1.807, 2.05) is 0 Å². The van der Waals surface area contributed by atoms with Crippen molar-refractivity contribution in [3.05, 3.63) is 59.2 Å². The van der Waals surface area contributed by atoms with Crippen LogP contribution >= 0.6 is 0 Å². The number of para-hydroxylation sites is 1. The standard InChI is InChI=1S/C26H32O6/c1-4-5-6-7-8-9-17-32-24(28)16-13-19-11-10-12-22(26(19)31-3)25(29)21-15-14-20(30-2)18-23(21)27/h10-16,18,27H,4-9,17H2,1-3H3/b16-13+. The van der Waals surface area contributed by atoms with E-state index >= 15 is 0 Å². The molecule has 0 fully saturated rings. The van der Waals surface area contributed by atoms with Crippen LogP contribution in [0.2, 0.25) is 0 Å². The summed E-state index contributed by atoms with van der Waals surface area (Å²) in [5, 5.41) is 10.2. The Labute approximate surface area is 189 Å². The van der Waals surface area contributed by atoms with Gasteiger partial charge in [-0.2, -0.15) is 0 Å². The largest absolute Gasteiger partial charge is 0.507 e. The first kappa shape index (κ1) is 25.0. The summed E-state index contributed by atoms with van der Waals surface area (Å²) >= 11 is 0. The van der Waals surface area contributed by atoms with Gasteiger partial charge in [0.05, 0.1) is 32.0 Å². The van der Waals surface area contributed by atoms with Gasteiger partial charge in [0.25, 0.3) is 0 Å². The first-order valence-corrected chi connectivity index (χ1v) is 10.9. The zero-order chi connectivity index (χ0) is 23.3. The van der Waals surface area contributed by atoms with E-state index in [0.29, 0.717) is 23.7 Å². The molecule has 1 N–H and O–H groups in total. The molecule has 172 valence electrons. The number of carbonyl (C=O) groups is 2. The fourth-order valence-electron chi connectivity index (χ4n) is 3.33. The number of carbonyl (C=O) groups excluding carboxylic acids is 2. The number of ether oxygens (including phenoxy) is 3. The lowest BCUT2D eigenvalue weighted by atomic mass is 9.98. The quantitative estimate of drug-likeness (QED) is 0.190. The maximum atomic E-state index is 13.0. The lowest BCUT2D eigenvalue weighted by Gasteiger charge is -2.12. The summed E-state index contributed by atoms with van der Waals surface area (Å²) in [6.07, 6.45) is 9.61. The van der Waals surface area contributed by atoms with Crippen molar-refractivity contribution < 1.29 is 28.9 Å². The number of phenols is 1. The van der Waals surface area contributed by atoms with Crippen LogP contribution in [0.3, 0.4) is 0 Å². The van der Waals surface area contributed by atoms with Gasteiger partial charge < -0.3 is 19.3 Å². The number of methoxy groups -OCH3 is 2. The first-order chi connectivity index (χ1) is 15.5. The van der Waals surface area contributed by atoms with Crippen molar-refractivity contribution in [2.45, 2.75) is 45.4 Å². The van der Waals surface area contributed by atoms with E-state index in [0.717, 1.165) is 19.3 Å². The van der Waals surface area contributed by atoms with Crippen LogP contribution in [-0.2, 0) is 9.53 Å². The van der Waals surface area contributed by atoms with Crippen LogP contribution < -0.4 is 9.47 Å². The third-order valence-electron chi connectivity index (χ3n) is 5.08. The molecular weight excluding hydrogens is 408 g/mol. The van der Waals surface area contributed by atoms with Crippen molar-refractivity contribution >= 4 is 17.8 Å². The van der Waals surface area contributed by atoms with E-state index in [4.69, 9.17) is 14.2 Å². The van der Waals surface area contributed by atoms with Crippen LogP contribution in [0.4, 0.5) is 0 Å². The van der Waals surface area contributed by atoms with E-state index in [2.05, 4.69) is 6.92 Å². The summed E-state index contributed by atoms with van der Waals surface area (Å²) in [7, 11) is 2.93. The molecule has 32 heavy (non-hydrogen) atoms. The molecule has 6 heteroatoms. The van der Waals surface area contributed by atoms with E-state index in [9.17, 15) is 14.7 Å². The summed E-state index contributed by atoms with van der Waals surface area (Å²) in [5.41, 5.74) is 0.960. The Morgan fingerprint density at radius 1 is 0.938 bits per heavy atom. The number of benzene rings is 2. The second-order valence-electron chi connectivity index (χ2n) is 7.41. The molecule has 2 aromatic rings. The maximum absolute atomic E-state index is 13.0. The van der Waals surface area contributed by atoms with E-state index in [1.165, 1.54) is 51.7 Å². The van der Waals surface area contributed by atoms with Gasteiger partial charge in [-0.3, -0.25) is 4.79 Å². The molecule has 0 aliphatic rings. The summed E-state index contributed by atoms with van der Waals surface area (Å²) in [4.78, 5) is 25.0. The van der Waals surface area contributed by atoms with Gasteiger partial charge in [-0.05, 0) is 30.7 Å². The van der Waals surface area contributed by atoms with Crippen LogP contribution in [-0.4, -0.2) is 37.7 Å². The minimum absolute atomic E-state index is 0.128. The lowest BCUT2D eigenvalue weighted by molar-refractivity contribution is -0.137. The molecule has 0 unspecified atom stereocenters. The van der Waals surface area contributed by atoms with E-state index in [-0.39, 0.29) is 16.9 Å². The average Bonchev–Trinajstić information content (AvgIpc) is 2.81. The van der Waals surface area contributed by atoms with Crippen molar-refractivity contribution in [2.24, 2.45) is 0 Å². The van der Waals surface area contributed by atoms with E-state index < -0.39 is 11.8 Å². The maximum Gasteiger partial charge on any atom is 0.330 e. The van der Waals surface area contributed by atoms with Gasteiger partial charge in [-0.15, -0.1) is 0 Å². The highest BCUT2D eigenvalue weighted by molar-refractivity contribution is 6.13. The van der Waals surface area contributed by atoms with Crippen LogP contribution in [0.5, 0.6) is 17.2 Å². The van der Waals surface area contributed by atoms with Gasteiger partial charge in [-0.1, -0.05) is 51.2 Å². The van der Waals surface area contributed by atoms with Crippen LogP contribution in [0.25, 0.3) is 6.08 Å². The fourth-order valence-corrected chi connectivity index (χ4v) is 3.33. The number of hydrogen-bond donors (Lipinski definition) is 1. The SMILES string of the molecule is CCCCCCCCOC(=O)/C=C/c1cccc(C(=O)c2ccc(OC)cc2O)c1OC. The Morgan fingerprint density at radius 2 is 1.69 bits per heavy atom. The van der Waals surface area contributed by atoms with Crippen LogP contribution in [0.15, 0.2) is 42.5 Å². The minimum atomic E-state index is -0.440. The Morgan fingerprint density at radius 3 is 2.38 bits per heavy atom. The van der Waals surface area contributed by atoms with Gasteiger partial charge in [0.15, 0.2) is 5.78 Å². The van der Waals surface area contributed by atoms with Gasteiger partial charge in [0.2, 0.25) is 0 Å². The molecule has 0 bridgehead atoms. The molecule has 2 aromatic carbocycles. The number of hydrogen-bond acceptors (Lipinski definition) is 6. The molecule has 0 heterocycles. The normalized spacial score (nSPS) is 10.8. The second kappa shape index (κ2) is 13.2. The Bertz CT molecular complexity index is 932. The van der Waals surface area contributed by atoms with Crippen molar-refractivity contribution in [3.8, 4) is 17.2 Å². The topological polar surface area (TPSA) is 82.1 Å². The summed E-state index contributed by atoms with van der Waals surface area (Å²) in [5.74, 6) is -0.265. The number of aromatic hydroxyl groups is 1. The number of unbranched alkanes of at least 4 members (excludes halogenated alkanes) is 5. The zero-order valence-corrected chi connectivity index (χ0v) is 19.1. The summed E-state index contributed by atoms with van der Waals surface area (Å²) in [6, 6.07) is 9.52. The Balaban J connectivity index is 2.05. The van der Waals surface area contributed by atoms with Crippen LogP contribution in [0.1, 0.15) is 66.9 Å². The molecule has 0 atom stereocenters. The highest BCUT2D eigenvalue weighted by Crippen LogP contribution is 2.31. The fraction of sp³-hybridized carbons (Fsp3) is 0.385. The van der Waals surface area contributed by atoms with Gasteiger partial charge in [-0.25, -0.2) is 4.79 Å². The average molecular weight is 441 g/mol. The predicted octanol–water partition coefficient (Wildman–Crippen LogP) is 5.56. The molecule has 0 radical (unpaired) electrons. The molecule has 0 amide bonds. The van der Waals surface area contributed by atoms with E-state index in [1.54, 1.807) is 30.3 Å². The van der Waals surface area contributed by atoms with Crippen LogP contribution in [0, 0.1) is 0 Å². The number of rotatable bonds is 13. The van der Waals surface area contributed by atoms with Crippen molar-refractivity contribution in [2.75, 3.05) is 20.8 Å². The molecule has 2 rings (SSSR count). The number of phenolic OH excluding ortho intramolecular Hbond substituents is 1. The van der Waals surface area contributed by atoms with Crippen molar-refractivity contribution in [3.63, 3.8) is 0 Å².